The number of amides is 1. The fourth-order valence-electron chi connectivity index (χ4n) is 4.80. The van der Waals surface area contributed by atoms with E-state index >= 15 is 0 Å². The molecule has 1 saturated heterocycles. The summed E-state index contributed by atoms with van der Waals surface area (Å²) in [5.41, 5.74) is 1.55. The number of rotatable bonds is 3. The number of likely N-dealkylation sites (tertiary alicyclic amines) is 1. The second kappa shape index (κ2) is 8.74. The first kappa shape index (κ1) is 25.2. The van der Waals surface area contributed by atoms with E-state index < -0.39 is 21.4 Å². The molecule has 1 aromatic carbocycles. The maximum Gasteiger partial charge on any atom is 0.410 e. The molecule has 2 heterocycles. The topological polar surface area (TPSA) is 102 Å². The highest BCUT2D eigenvalue weighted by Gasteiger charge is 2.45. The summed E-state index contributed by atoms with van der Waals surface area (Å²) in [6.07, 6.45) is 1.40. The summed E-state index contributed by atoms with van der Waals surface area (Å²) < 4.78 is 35.3. The predicted octanol–water partition coefficient (Wildman–Crippen LogP) is 4.35. The number of aliphatic imine (C=N–C) groups is 1. The molecule has 2 aliphatic rings. The standard InChI is InChI=1S/C24H34N2O6S/c1-13(2)21-20-15(9-10-26(21)23(28)32-24(4,5)6)14(3)16-12-19(33(8,29)30)17(22(27)31-7)11-18(16)25-20/h11-15,21H,9-10H2,1-8H3. The third-order valence-corrected chi connectivity index (χ3v) is 7.37. The van der Waals surface area contributed by atoms with E-state index in [9.17, 15) is 18.0 Å². The third-order valence-electron chi connectivity index (χ3n) is 6.24. The number of benzene rings is 1. The number of methoxy groups -OCH3 is 1. The molecule has 8 nitrogen and oxygen atoms in total. The van der Waals surface area contributed by atoms with Crippen LogP contribution < -0.4 is 0 Å². The molecule has 33 heavy (non-hydrogen) atoms. The monoisotopic (exact) mass is 478 g/mol. The highest BCUT2D eigenvalue weighted by Crippen LogP contribution is 2.45. The van der Waals surface area contributed by atoms with Crippen molar-refractivity contribution in [1.82, 2.24) is 4.90 Å². The van der Waals surface area contributed by atoms with Crippen molar-refractivity contribution in [3.63, 3.8) is 0 Å². The molecule has 1 fully saturated rings. The molecule has 0 spiro atoms. The van der Waals surface area contributed by atoms with Crippen molar-refractivity contribution in [2.45, 2.75) is 70.4 Å². The van der Waals surface area contributed by atoms with Gasteiger partial charge in [0.25, 0.3) is 0 Å². The Balaban J connectivity index is 2.16. The molecule has 0 aliphatic carbocycles. The number of hydrogen-bond acceptors (Lipinski definition) is 7. The second-order valence-electron chi connectivity index (χ2n) is 10.3. The van der Waals surface area contributed by atoms with E-state index in [1.54, 1.807) is 11.0 Å². The van der Waals surface area contributed by atoms with Crippen LogP contribution in [0, 0.1) is 11.8 Å². The molecule has 3 atom stereocenters. The summed E-state index contributed by atoms with van der Waals surface area (Å²) in [7, 11) is -2.44. The highest BCUT2D eigenvalue weighted by atomic mass is 32.2. The van der Waals surface area contributed by atoms with Crippen molar-refractivity contribution in [1.29, 1.82) is 0 Å². The van der Waals surface area contributed by atoms with Gasteiger partial charge in [0.1, 0.15) is 5.60 Å². The van der Waals surface area contributed by atoms with Gasteiger partial charge in [-0.05, 0) is 56.7 Å². The number of fused-ring (bicyclic) bond motifs is 2. The smallest absolute Gasteiger partial charge is 0.410 e. The summed E-state index contributed by atoms with van der Waals surface area (Å²) in [6.45, 7) is 12.2. The van der Waals surface area contributed by atoms with Crippen LogP contribution in [0.3, 0.4) is 0 Å². The molecule has 0 N–H and O–H groups in total. The van der Waals surface area contributed by atoms with Gasteiger partial charge in [-0.2, -0.15) is 0 Å². The van der Waals surface area contributed by atoms with Crippen molar-refractivity contribution >= 4 is 33.3 Å². The lowest BCUT2D eigenvalue weighted by Gasteiger charge is -2.46. The van der Waals surface area contributed by atoms with E-state index in [4.69, 9.17) is 14.5 Å². The van der Waals surface area contributed by atoms with Crippen LogP contribution in [-0.4, -0.2) is 62.6 Å². The minimum atomic E-state index is -3.66. The maximum absolute atomic E-state index is 13.0. The number of ether oxygens (including phenoxy) is 2. The number of nitrogens with zero attached hydrogens (tertiary/aromatic N) is 2. The molecule has 1 aromatic rings. The van der Waals surface area contributed by atoms with Crippen molar-refractivity contribution in [2.24, 2.45) is 16.8 Å². The van der Waals surface area contributed by atoms with Crippen LogP contribution >= 0.6 is 0 Å². The number of hydrogen-bond donors (Lipinski definition) is 0. The Bertz CT molecular complexity index is 1100. The zero-order valence-electron chi connectivity index (χ0n) is 20.6. The van der Waals surface area contributed by atoms with Crippen LogP contribution in [0.15, 0.2) is 22.0 Å². The first-order valence-electron chi connectivity index (χ1n) is 11.2. The van der Waals surface area contributed by atoms with Crippen molar-refractivity contribution < 1.29 is 27.5 Å². The van der Waals surface area contributed by atoms with E-state index in [0.29, 0.717) is 18.7 Å². The predicted molar refractivity (Wildman–Crippen MR) is 126 cm³/mol. The maximum atomic E-state index is 13.0. The Labute approximate surface area is 196 Å². The van der Waals surface area contributed by atoms with Gasteiger partial charge in [0, 0.05) is 24.4 Å². The average Bonchev–Trinajstić information content (AvgIpc) is 2.69. The van der Waals surface area contributed by atoms with E-state index in [0.717, 1.165) is 17.5 Å². The summed E-state index contributed by atoms with van der Waals surface area (Å²) in [5, 5.41) is 0. The summed E-state index contributed by atoms with van der Waals surface area (Å²) in [6, 6.07) is 2.80. The van der Waals surface area contributed by atoms with E-state index in [1.807, 2.05) is 41.5 Å². The first-order chi connectivity index (χ1) is 15.2. The lowest BCUT2D eigenvalue weighted by atomic mass is 9.72. The molecule has 182 valence electrons. The lowest BCUT2D eigenvalue weighted by molar-refractivity contribution is 0.0136. The number of sulfone groups is 1. The lowest BCUT2D eigenvalue weighted by Crippen LogP contribution is -2.56. The molecule has 3 rings (SSSR count). The van der Waals surface area contributed by atoms with Gasteiger partial charge in [0.05, 0.1) is 29.3 Å². The minimum Gasteiger partial charge on any atom is -0.465 e. The van der Waals surface area contributed by atoms with Gasteiger partial charge in [-0.15, -0.1) is 0 Å². The van der Waals surface area contributed by atoms with Gasteiger partial charge < -0.3 is 9.47 Å². The van der Waals surface area contributed by atoms with Crippen LogP contribution in [0.2, 0.25) is 0 Å². The van der Waals surface area contributed by atoms with Crippen LogP contribution in [0.4, 0.5) is 10.5 Å². The zero-order valence-corrected chi connectivity index (χ0v) is 21.4. The van der Waals surface area contributed by atoms with E-state index in [1.165, 1.54) is 13.2 Å². The van der Waals surface area contributed by atoms with Crippen molar-refractivity contribution in [3.05, 3.63) is 23.3 Å². The molecule has 0 aromatic heterocycles. The molecule has 0 radical (unpaired) electrons. The number of carbonyl (C=O) groups is 2. The molecule has 1 amide bonds. The molecule has 0 bridgehead atoms. The molecule has 9 heteroatoms. The van der Waals surface area contributed by atoms with Gasteiger partial charge in [-0.25, -0.2) is 18.0 Å². The third kappa shape index (κ3) is 4.93. The highest BCUT2D eigenvalue weighted by molar-refractivity contribution is 7.90. The molecule has 0 saturated carbocycles. The van der Waals surface area contributed by atoms with Gasteiger partial charge in [-0.3, -0.25) is 9.89 Å². The normalized spacial score (nSPS) is 22.9. The minimum absolute atomic E-state index is 0.0262. The average molecular weight is 479 g/mol. The van der Waals surface area contributed by atoms with Crippen molar-refractivity contribution in [2.75, 3.05) is 19.9 Å². The fraction of sp³-hybridized carbons (Fsp3) is 0.625. The second-order valence-corrected chi connectivity index (χ2v) is 12.2. The SMILES string of the molecule is COC(=O)c1cc2c(cc1S(C)(=O)=O)C(C)C1CCN(C(=O)OC(C)(C)C)C(C(C)C)C1=N2. The van der Waals surface area contributed by atoms with Crippen molar-refractivity contribution in [3.8, 4) is 0 Å². The quantitative estimate of drug-likeness (QED) is 0.599. The van der Waals surface area contributed by atoms with Gasteiger partial charge in [-0.1, -0.05) is 20.8 Å². The summed E-state index contributed by atoms with van der Waals surface area (Å²) >= 11 is 0. The summed E-state index contributed by atoms with van der Waals surface area (Å²) in [4.78, 5) is 32.0. The van der Waals surface area contributed by atoms with Gasteiger partial charge in [0.2, 0.25) is 0 Å². The number of piperidine rings is 1. The van der Waals surface area contributed by atoms with Gasteiger partial charge >= 0.3 is 12.1 Å². The molecule has 3 unspecified atom stereocenters. The Hall–Kier alpha value is -2.42. The van der Waals surface area contributed by atoms with Crippen LogP contribution in [0.1, 0.15) is 69.8 Å². The van der Waals surface area contributed by atoms with Crippen LogP contribution in [-0.2, 0) is 19.3 Å². The molecular formula is C24H34N2O6S. The zero-order chi connectivity index (χ0) is 24.9. The van der Waals surface area contributed by atoms with E-state index in [-0.39, 0.29) is 40.3 Å². The summed E-state index contributed by atoms with van der Waals surface area (Å²) in [5.74, 6) is -0.613. The Morgan fingerprint density at radius 3 is 2.36 bits per heavy atom. The molecular weight excluding hydrogens is 444 g/mol. The largest absolute Gasteiger partial charge is 0.465 e. The number of esters is 1. The fourth-order valence-corrected chi connectivity index (χ4v) is 5.69. The van der Waals surface area contributed by atoms with Crippen LogP contribution in [0.5, 0.6) is 0 Å². The van der Waals surface area contributed by atoms with E-state index in [2.05, 4.69) is 0 Å². The first-order valence-corrected chi connectivity index (χ1v) is 13.1. The van der Waals surface area contributed by atoms with Crippen LogP contribution in [0.25, 0.3) is 0 Å². The molecule has 2 aliphatic heterocycles. The Kier molecular flexibility index (Phi) is 6.68. The number of carbonyl (C=O) groups excluding carboxylic acids is 2. The Morgan fingerprint density at radius 2 is 1.85 bits per heavy atom. The Morgan fingerprint density at radius 1 is 1.21 bits per heavy atom. The van der Waals surface area contributed by atoms with Gasteiger partial charge in [0.15, 0.2) is 9.84 Å².